The van der Waals surface area contributed by atoms with Gasteiger partial charge >= 0.3 is 0 Å². The minimum absolute atomic E-state index is 0.0336. The third kappa shape index (κ3) is 4.51. The molecule has 6 nitrogen and oxygen atoms in total. The summed E-state index contributed by atoms with van der Waals surface area (Å²) in [7, 11) is 0. The molecule has 2 rings (SSSR count). The first kappa shape index (κ1) is 15.4. The van der Waals surface area contributed by atoms with Gasteiger partial charge in [0.2, 0.25) is 5.91 Å². The van der Waals surface area contributed by atoms with Gasteiger partial charge in [-0.1, -0.05) is 13.8 Å². The third-order valence-electron chi connectivity index (χ3n) is 3.62. The average Bonchev–Trinajstić information content (AvgIpc) is 3.26. The van der Waals surface area contributed by atoms with Crippen molar-refractivity contribution in [3.05, 3.63) is 23.2 Å². The second-order valence-electron chi connectivity index (χ2n) is 6.13. The Bertz CT molecular complexity index is 500. The van der Waals surface area contributed by atoms with Crippen molar-refractivity contribution in [2.75, 3.05) is 0 Å². The highest BCUT2D eigenvalue weighted by Crippen LogP contribution is 2.29. The number of hydrogen-bond donors (Lipinski definition) is 4. The molecule has 116 valence electrons. The van der Waals surface area contributed by atoms with Gasteiger partial charge in [0.1, 0.15) is 11.5 Å². The van der Waals surface area contributed by atoms with Crippen molar-refractivity contribution in [2.45, 2.75) is 45.6 Å². The fraction of sp³-hybridized carbons (Fsp3) is 0.600. The second-order valence-corrected chi connectivity index (χ2v) is 6.13. The van der Waals surface area contributed by atoms with Gasteiger partial charge < -0.3 is 22.1 Å². The molecule has 0 aliphatic heterocycles. The summed E-state index contributed by atoms with van der Waals surface area (Å²) in [5, 5.41) is 5.50. The van der Waals surface area contributed by atoms with Crippen LogP contribution in [-0.2, 0) is 9.59 Å². The fourth-order valence-corrected chi connectivity index (χ4v) is 1.97. The van der Waals surface area contributed by atoms with Crippen LogP contribution in [0.25, 0.3) is 0 Å². The highest BCUT2D eigenvalue weighted by molar-refractivity contribution is 5.94. The van der Waals surface area contributed by atoms with Gasteiger partial charge in [0.25, 0.3) is 5.91 Å². The first-order valence-corrected chi connectivity index (χ1v) is 7.47. The van der Waals surface area contributed by atoms with Crippen molar-refractivity contribution in [3.63, 3.8) is 0 Å². The van der Waals surface area contributed by atoms with Crippen LogP contribution in [0.5, 0.6) is 0 Å². The topological polar surface area (TPSA) is 110 Å². The average molecular weight is 292 g/mol. The zero-order chi connectivity index (χ0) is 15.6. The van der Waals surface area contributed by atoms with Crippen molar-refractivity contribution in [2.24, 2.45) is 23.3 Å². The smallest absolute Gasteiger partial charge is 0.267 e. The number of carbonyl (C=O) groups is 2. The van der Waals surface area contributed by atoms with Gasteiger partial charge in [-0.05, 0) is 43.3 Å². The van der Waals surface area contributed by atoms with E-state index in [-0.39, 0.29) is 41.2 Å². The maximum atomic E-state index is 12.0. The van der Waals surface area contributed by atoms with Crippen LogP contribution in [0.15, 0.2) is 23.2 Å². The van der Waals surface area contributed by atoms with E-state index in [2.05, 4.69) is 10.6 Å². The lowest BCUT2D eigenvalue weighted by atomic mass is 10.00. The van der Waals surface area contributed by atoms with Gasteiger partial charge in [0.05, 0.1) is 0 Å². The molecule has 0 aromatic rings. The first-order chi connectivity index (χ1) is 9.88. The summed E-state index contributed by atoms with van der Waals surface area (Å²) < 4.78 is 0. The maximum absolute atomic E-state index is 12.0. The number of nitrogens with one attached hydrogen (secondary N) is 2. The van der Waals surface area contributed by atoms with Crippen molar-refractivity contribution in [1.82, 2.24) is 10.6 Å². The van der Waals surface area contributed by atoms with Crippen LogP contribution in [0.4, 0.5) is 0 Å². The molecule has 2 aliphatic carbocycles. The molecule has 0 aromatic heterocycles. The summed E-state index contributed by atoms with van der Waals surface area (Å²) in [6.07, 6.45) is 5.43. The summed E-state index contributed by atoms with van der Waals surface area (Å²) >= 11 is 0. The highest BCUT2D eigenvalue weighted by atomic mass is 16.2. The molecule has 6 N–H and O–H groups in total. The lowest BCUT2D eigenvalue weighted by Crippen LogP contribution is -2.32. The summed E-state index contributed by atoms with van der Waals surface area (Å²) in [5.74, 6) is 0.0228. The van der Waals surface area contributed by atoms with Gasteiger partial charge in [0.15, 0.2) is 0 Å². The monoisotopic (exact) mass is 292 g/mol. The molecule has 0 bridgehead atoms. The van der Waals surface area contributed by atoms with Crippen molar-refractivity contribution >= 4 is 11.8 Å². The van der Waals surface area contributed by atoms with Crippen LogP contribution >= 0.6 is 0 Å². The lowest BCUT2D eigenvalue weighted by Gasteiger charge is -2.13. The summed E-state index contributed by atoms with van der Waals surface area (Å²) in [6, 6.07) is 0.250. The van der Waals surface area contributed by atoms with Crippen LogP contribution in [0, 0.1) is 11.8 Å². The molecular weight excluding hydrogens is 268 g/mol. The summed E-state index contributed by atoms with van der Waals surface area (Å²) in [5.41, 5.74) is 12.6. The first-order valence-electron chi connectivity index (χ1n) is 7.47. The van der Waals surface area contributed by atoms with E-state index in [4.69, 9.17) is 11.5 Å². The molecular formula is C15H24N4O2. The van der Waals surface area contributed by atoms with E-state index in [1.165, 1.54) is 0 Å². The minimum atomic E-state index is -0.265. The molecule has 0 saturated heterocycles. The Morgan fingerprint density at radius 3 is 2.24 bits per heavy atom. The maximum Gasteiger partial charge on any atom is 0.267 e. The SMILES string of the molecule is CC(C)C(/C=C(\N)NC(=O)C1CC1)=C(/N)C(=O)NC1CC1. The second kappa shape index (κ2) is 6.20. The van der Waals surface area contributed by atoms with Crippen molar-refractivity contribution < 1.29 is 9.59 Å². The molecule has 0 radical (unpaired) electrons. The predicted octanol–water partition coefficient (Wildman–Crippen LogP) is 0.460. The quantitative estimate of drug-likeness (QED) is 0.421. The summed E-state index contributed by atoms with van der Waals surface area (Å²) in [4.78, 5) is 23.7. The van der Waals surface area contributed by atoms with Gasteiger partial charge in [-0.3, -0.25) is 9.59 Å². The Morgan fingerprint density at radius 1 is 1.14 bits per heavy atom. The molecule has 6 heteroatoms. The van der Waals surface area contributed by atoms with Crippen molar-refractivity contribution in [1.29, 1.82) is 0 Å². The van der Waals surface area contributed by atoms with E-state index in [0.29, 0.717) is 5.57 Å². The highest BCUT2D eigenvalue weighted by Gasteiger charge is 2.30. The molecule has 2 aliphatic rings. The Kier molecular flexibility index (Phi) is 4.55. The van der Waals surface area contributed by atoms with Crippen LogP contribution < -0.4 is 22.1 Å². The van der Waals surface area contributed by atoms with E-state index in [9.17, 15) is 9.59 Å². The van der Waals surface area contributed by atoms with E-state index in [0.717, 1.165) is 25.7 Å². The minimum Gasteiger partial charge on any atom is -0.394 e. The fourth-order valence-electron chi connectivity index (χ4n) is 1.97. The largest absolute Gasteiger partial charge is 0.394 e. The van der Waals surface area contributed by atoms with Gasteiger partial charge in [-0.15, -0.1) is 0 Å². The zero-order valence-corrected chi connectivity index (χ0v) is 12.6. The number of rotatable bonds is 6. The van der Waals surface area contributed by atoms with Crippen LogP contribution in [0.2, 0.25) is 0 Å². The number of hydrogen-bond acceptors (Lipinski definition) is 4. The Hall–Kier alpha value is -1.98. The van der Waals surface area contributed by atoms with Crippen LogP contribution in [-0.4, -0.2) is 17.9 Å². The molecule has 2 fully saturated rings. The number of amides is 2. The molecule has 0 spiro atoms. The Balaban J connectivity index is 2.08. The van der Waals surface area contributed by atoms with E-state index < -0.39 is 0 Å². The number of carbonyl (C=O) groups excluding carboxylic acids is 2. The number of allylic oxidation sites excluding steroid dienone is 2. The van der Waals surface area contributed by atoms with Gasteiger partial charge in [-0.25, -0.2) is 0 Å². The van der Waals surface area contributed by atoms with Crippen LogP contribution in [0.1, 0.15) is 39.5 Å². The molecule has 21 heavy (non-hydrogen) atoms. The third-order valence-corrected chi connectivity index (χ3v) is 3.62. The molecule has 2 saturated carbocycles. The number of nitrogens with two attached hydrogens (primary N) is 2. The van der Waals surface area contributed by atoms with E-state index in [1.807, 2.05) is 13.8 Å². The zero-order valence-electron chi connectivity index (χ0n) is 12.6. The summed E-state index contributed by atoms with van der Waals surface area (Å²) in [6.45, 7) is 3.86. The van der Waals surface area contributed by atoms with Gasteiger partial charge in [-0.2, -0.15) is 0 Å². The van der Waals surface area contributed by atoms with E-state index >= 15 is 0 Å². The lowest BCUT2D eigenvalue weighted by molar-refractivity contribution is -0.121. The van der Waals surface area contributed by atoms with Crippen molar-refractivity contribution in [3.8, 4) is 0 Å². The molecule has 0 unspecified atom stereocenters. The normalized spacial score (nSPS) is 20.0. The van der Waals surface area contributed by atoms with E-state index in [1.54, 1.807) is 6.08 Å². The Morgan fingerprint density at radius 2 is 1.76 bits per heavy atom. The predicted molar refractivity (Wildman–Crippen MR) is 80.4 cm³/mol. The van der Waals surface area contributed by atoms with Gasteiger partial charge in [0, 0.05) is 12.0 Å². The standard InChI is InChI=1S/C15H24N4O2/c1-8(2)11(13(17)15(21)18-10-5-6-10)7-12(16)19-14(20)9-3-4-9/h7-10H,3-6,16-17H2,1-2H3,(H,18,21)(H,19,20)/b12-7+,13-11+. The molecule has 0 heterocycles. The molecule has 0 atom stereocenters. The Labute approximate surface area is 125 Å². The molecule has 2 amide bonds. The van der Waals surface area contributed by atoms with Crippen LogP contribution in [0.3, 0.4) is 0 Å². The molecule has 0 aromatic carbocycles.